The molecule has 7 heteroatoms. The highest BCUT2D eigenvalue weighted by molar-refractivity contribution is 6.00. The maximum atomic E-state index is 13.0. The van der Waals surface area contributed by atoms with E-state index in [0.717, 1.165) is 5.56 Å². The maximum absolute atomic E-state index is 13.0. The zero-order valence-electron chi connectivity index (χ0n) is 20.4. The first-order chi connectivity index (χ1) is 15.8. The third-order valence-corrected chi connectivity index (χ3v) is 5.54. The Morgan fingerprint density at radius 2 is 1.42 bits per heavy atom. The molecular weight excluding hydrogens is 420 g/mol. The van der Waals surface area contributed by atoms with Crippen LogP contribution < -0.4 is 5.32 Å². The number of carbonyl (C=O) groups is 3. The van der Waals surface area contributed by atoms with Crippen molar-refractivity contribution in [2.75, 3.05) is 26.3 Å². The summed E-state index contributed by atoms with van der Waals surface area (Å²) in [6, 6.07) is 7.42. The molecule has 0 bridgehead atoms. The number of esters is 2. The molecule has 1 amide bonds. The lowest BCUT2D eigenvalue weighted by Crippen LogP contribution is -2.33. The highest BCUT2D eigenvalue weighted by Gasteiger charge is 2.38. The molecule has 0 aromatic heterocycles. The Labute approximate surface area is 196 Å². The van der Waals surface area contributed by atoms with Crippen LogP contribution in [0.5, 0.6) is 0 Å². The number of rotatable bonds is 9. The van der Waals surface area contributed by atoms with Gasteiger partial charge in [0, 0.05) is 30.6 Å². The van der Waals surface area contributed by atoms with E-state index < -0.39 is 17.9 Å². The Hall–Kier alpha value is -3.35. The van der Waals surface area contributed by atoms with Gasteiger partial charge in [0.25, 0.3) is 0 Å². The number of dihydropyridines is 1. The predicted octanol–water partition coefficient (Wildman–Crippen LogP) is 3.93. The van der Waals surface area contributed by atoms with E-state index in [9.17, 15) is 14.4 Å². The van der Waals surface area contributed by atoms with Gasteiger partial charge in [0.15, 0.2) is 0 Å². The lowest BCUT2D eigenvalue weighted by molar-refractivity contribution is -0.139. The molecule has 0 saturated heterocycles. The molecule has 0 unspecified atom stereocenters. The van der Waals surface area contributed by atoms with Crippen molar-refractivity contribution in [2.24, 2.45) is 0 Å². The minimum atomic E-state index is -0.700. The molecule has 1 aromatic carbocycles. The van der Waals surface area contributed by atoms with Gasteiger partial charge in [-0.25, -0.2) is 9.59 Å². The van der Waals surface area contributed by atoms with Gasteiger partial charge in [-0.15, -0.1) is 0 Å². The fourth-order valence-corrected chi connectivity index (χ4v) is 3.99. The molecule has 2 rings (SSSR count). The Kier molecular flexibility index (Phi) is 9.45. The Morgan fingerprint density at radius 3 is 1.91 bits per heavy atom. The molecule has 178 valence electrons. The Morgan fingerprint density at radius 1 is 0.909 bits per heavy atom. The quantitative estimate of drug-likeness (QED) is 0.450. The third kappa shape index (κ3) is 5.92. The van der Waals surface area contributed by atoms with Crippen LogP contribution >= 0.6 is 0 Å². The van der Waals surface area contributed by atoms with Gasteiger partial charge in [-0.3, -0.25) is 4.79 Å². The minimum Gasteiger partial charge on any atom is -0.463 e. The number of amides is 1. The zero-order chi connectivity index (χ0) is 24.5. The molecule has 0 atom stereocenters. The highest BCUT2D eigenvalue weighted by atomic mass is 16.5. The SMILES string of the molecule is CCOC(=O)C1=C(C)NC(C)=C(C(=O)OCC)C1c1ccccc1/C=C/C(=O)N(CC)CC. The molecule has 1 aliphatic heterocycles. The molecular formula is C26H34N2O5. The van der Waals surface area contributed by atoms with Crippen molar-refractivity contribution in [1.29, 1.82) is 0 Å². The van der Waals surface area contributed by atoms with Crippen molar-refractivity contribution in [3.63, 3.8) is 0 Å². The van der Waals surface area contributed by atoms with Gasteiger partial charge < -0.3 is 19.7 Å². The van der Waals surface area contributed by atoms with Gasteiger partial charge in [-0.05, 0) is 58.7 Å². The topological polar surface area (TPSA) is 84.9 Å². The molecule has 1 heterocycles. The third-order valence-electron chi connectivity index (χ3n) is 5.54. The summed E-state index contributed by atoms with van der Waals surface area (Å²) in [5.74, 6) is -1.80. The van der Waals surface area contributed by atoms with Gasteiger partial charge in [0.1, 0.15) is 0 Å². The van der Waals surface area contributed by atoms with Crippen molar-refractivity contribution in [1.82, 2.24) is 10.2 Å². The van der Waals surface area contributed by atoms with Gasteiger partial charge in [-0.1, -0.05) is 24.3 Å². The van der Waals surface area contributed by atoms with Crippen molar-refractivity contribution < 1.29 is 23.9 Å². The van der Waals surface area contributed by atoms with Crippen LogP contribution in [0.4, 0.5) is 0 Å². The second kappa shape index (κ2) is 12.0. The molecule has 1 aliphatic rings. The lowest BCUT2D eigenvalue weighted by Gasteiger charge is -2.31. The summed E-state index contributed by atoms with van der Waals surface area (Å²) in [6.07, 6.45) is 3.25. The van der Waals surface area contributed by atoms with E-state index in [4.69, 9.17) is 9.47 Å². The number of hydrogen-bond acceptors (Lipinski definition) is 6. The summed E-state index contributed by atoms with van der Waals surface area (Å²) in [5.41, 5.74) is 3.37. The fraction of sp³-hybridized carbons (Fsp3) is 0.423. The second-order valence-electron chi connectivity index (χ2n) is 7.55. The first-order valence-corrected chi connectivity index (χ1v) is 11.4. The van der Waals surface area contributed by atoms with Crippen LogP contribution in [0.1, 0.15) is 58.6 Å². The minimum absolute atomic E-state index is 0.102. The van der Waals surface area contributed by atoms with Crippen LogP contribution in [0.15, 0.2) is 52.9 Å². The number of carbonyl (C=O) groups excluding carboxylic acids is 3. The number of ether oxygens (including phenoxy) is 2. The predicted molar refractivity (Wildman–Crippen MR) is 128 cm³/mol. The molecule has 0 aliphatic carbocycles. The molecule has 7 nitrogen and oxygen atoms in total. The van der Waals surface area contributed by atoms with Crippen LogP contribution in [0.3, 0.4) is 0 Å². The molecule has 0 saturated carbocycles. The lowest BCUT2D eigenvalue weighted by atomic mass is 9.78. The van der Waals surface area contributed by atoms with Crippen molar-refractivity contribution in [3.05, 3.63) is 64.0 Å². The first-order valence-electron chi connectivity index (χ1n) is 11.4. The number of nitrogens with one attached hydrogen (secondary N) is 1. The smallest absolute Gasteiger partial charge is 0.336 e. The highest BCUT2D eigenvalue weighted by Crippen LogP contribution is 2.40. The number of likely N-dealkylation sites (N-methyl/N-ethyl adjacent to an activating group) is 1. The number of allylic oxidation sites excluding steroid dienone is 2. The zero-order valence-corrected chi connectivity index (χ0v) is 20.4. The van der Waals surface area contributed by atoms with Crippen LogP contribution in [-0.4, -0.2) is 49.0 Å². The van der Waals surface area contributed by atoms with Crippen LogP contribution in [0.25, 0.3) is 6.08 Å². The van der Waals surface area contributed by atoms with Crippen molar-refractivity contribution in [2.45, 2.75) is 47.5 Å². The summed E-state index contributed by atoms with van der Waals surface area (Å²) in [6.45, 7) is 12.5. The molecule has 33 heavy (non-hydrogen) atoms. The summed E-state index contributed by atoms with van der Waals surface area (Å²) in [4.78, 5) is 40.3. The number of benzene rings is 1. The van der Waals surface area contributed by atoms with E-state index in [0.29, 0.717) is 41.2 Å². The van der Waals surface area contributed by atoms with Crippen LogP contribution in [0.2, 0.25) is 0 Å². The van der Waals surface area contributed by atoms with Crippen LogP contribution in [-0.2, 0) is 23.9 Å². The Bertz CT molecular complexity index is 946. The molecule has 0 radical (unpaired) electrons. The summed E-state index contributed by atoms with van der Waals surface area (Å²) in [7, 11) is 0. The molecule has 0 spiro atoms. The fourth-order valence-electron chi connectivity index (χ4n) is 3.99. The van der Waals surface area contributed by atoms with Gasteiger partial charge in [-0.2, -0.15) is 0 Å². The van der Waals surface area contributed by atoms with Gasteiger partial charge >= 0.3 is 11.9 Å². The van der Waals surface area contributed by atoms with Gasteiger partial charge in [0.2, 0.25) is 5.91 Å². The average molecular weight is 455 g/mol. The standard InChI is InChI=1S/C26H34N2O5/c1-7-28(8-2)21(29)16-15-19-13-11-12-14-20(19)24-22(25(30)32-9-3)17(5)27-18(6)23(24)26(31)33-10-4/h11-16,24,27H,7-10H2,1-6H3/b16-15+. The molecule has 1 aromatic rings. The summed E-state index contributed by atoms with van der Waals surface area (Å²) >= 11 is 0. The van der Waals surface area contributed by atoms with E-state index in [1.807, 2.05) is 38.1 Å². The van der Waals surface area contributed by atoms with E-state index in [1.54, 1.807) is 38.7 Å². The first kappa shape index (κ1) is 25.9. The van der Waals surface area contributed by atoms with E-state index in [2.05, 4.69) is 5.32 Å². The maximum Gasteiger partial charge on any atom is 0.336 e. The number of nitrogens with zero attached hydrogens (tertiary/aromatic N) is 1. The second-order valence-corrected chi connectivity index (χ2v) is 7.55. The van der Waals surface area contributed by atoms with E-state index in [1.165, 1.54) is 6.08 Å². The average Bonchev–Trinajstić information content (AvgIpc) is 2.78. The van der Waals surface area contributed by atoms with Crippen molar-refractivity contribution >= 4 is 23.9 Å². The molecule has 1 N–H and O–H groups in total. The van der Waals surface area contributed by atoms with Crippen molar-refractivity contribution in [3.8, 4) is 0 Å². The summed E-state index contributed by atoms with van der Waals surface area (Å²) < 4.78 is 10.7. The van der Waals surface area contributed by atoms with E-state index >= 15 is 0 Å². The largest absolute Gasteiger partial charge is 0.463 e. The van der Waals surface area contributed by atoms with Crippen LogP contribution in [0, 0.1) is 0 Å². The van der Waals surface area contributed by atoms with Gasteiger partial charge in [0.05, 0.1) is 30.3 Å². The normalized spacial score (nSPS) is 14.4. The summed E-state index contributed by atoms with van der Waals surface area (Å²) in [5, 5.41) is 3.14. The molecule has 0 fully saturated rings. The Balaban J connectivity index is 2.67. The monoisotopic (exact) mass is 454 g/mol. The van der Waals surface area contributed by atoms with E-state index in [-0.39, 0.29) is 19.1 Å². The number of hydrogen-bond donors (Lipinski definition) is 1.